The van der Waals surface area contributed by atoms with Crippen molar-refractivity contribution < 1.29 is 14.3 Å². The average Bonchev–Trinajstić information content (AvgIpc) is 2.53. The number of ether oxygens (including phenoxy) is 2. The number of rotatable bonds is 6. The lowest BCUT2D eigenvalue weighted by molar-refractivity contribution is -0.143. The number of hydrogen-bond acceptors (Lipinski definition) is 4. The highest BCUT2D eigenvalue weighted by molar-refractivity contribution is 5.78. The number of nitrogens with zero attached hydrogens (tertiary/aromatic N) is 1. The Hall–Kier alpha value is -1.55. The largest absolute Gasteiger partial charge is 0.492 e. The first-order chi connectivity index (χ1) is 11.4. The van der Waals surface area contributed by atoms with Crippen molar-refractivity contribution in [1.29, 1.82) is 0 Å². The molecule has 0 radical (unpaired) electrons. The van der Waals surface area contributed by atoms with Crippen molar-refractivity contribution >= 4 is 5.97 Å². The summed E-state index contributed by atoms with van der Waals surface area (Å²) in [6.45, 7) is 12.9. The molecule has 0 bridgehead atoms. The highest BCUT2D eigenvalue weighted by atomic mass is 16.5. The topological polar surface area (TPSA) is 38.8 Å². The minimum Gasteiger partial charge on any atom is -0.492 e. The van der Waals surface area contributed by atoms with E-state index in [1.165, 1.54) is 0 Å². The highest BCUT2D eigenvalue weighted by Gasteiger charge is 2.29. The molecule has 1 heterocycles. The molecule has 0 aliphatic carbocycles. The summed E-state index contributed by atoms with van der Waals surface area (Å²) in [5.74, 6) is 1.28. The van der Waals surface area contributed by atoms with Crippen LogP contribution in [-0.2, 0) is 11.2 Å². The summed E-state index contributed by atoms with van der Waals surface area (Å²) in [7, 11) is 0. The fraction of sp³-hybridized carbons (Fsp3) is 0.650. The smallest absolute Gasteiger partial charge is 0.316 e. The Bertz CT molecular complexity index is 556. The SMILES string of the molecule is CCCN(CCC)C1COc2cccc(OC(=O)C(C)(C)C)c2C1. The van der Waals surface area contributed by atoms with Crippen LogP contribution < -0.4 is 9.47 Å². The van der Waals surface area contributed by atoms with Crippen LogP contribution in [0.5, 0.6) is 11.5 Å². The molecule has 0 aromatic heterocycles. The first-order valence-corrected chi connectivity index (χ1v) is 9.07. The molecule has 2 rings (SSSR count). The maximum absolute atomic E-state index is 12.3. The first-order valence-electron chi connectivity index (χ1n) is 9.07. The number of benzene rings is 1. The summed E-state index contributed by atoms with van der Waals surface area (Å²) < 4.78 is 11.7. The lowest BCUT2D eigenvalue weighted by Gasteiger charge is -2.35. The van der Waals surface area contributed by atoms with Crippen LogP contribution in [0.15, 0.2) is 18.2 Å². The monoisotopic (exact) mass is 333 g/mol. The van der Waals surface area contributed by atoms with Crippen LogP contribution in [0.1, 0.15) is 53.0 Å². The molecule has 24 heavy (non-hydrogen) atoms. The lowest BCUT2D eigenvalue weighted by Crippen LogP contribution is -2.44. The van der Waals surface area contributed by atoms with Gasteiger partial charge in [-0.3, -0.25) is 9.69 Å². The Labute approximate surface area is 146 Å². The summed E-state index contributed by atoms with van der Waals surface area (Å²) in [4.78, 5) is 14.8. The number of carbonyl (C=O) groups excluding carboxylic acids is 1. The second-order valence-electron chi connectivity index (χ2n) is 7.58. The van der Waals surface area contributed by atoms with E-state index in [-0.39, 0.29) is 5.97 Å². The van der Waals surface area contributed by atoms with Crippen LogP contribution in [0.25, 0.3) is 0 Å². The molecule has 0 saturated heterocycles. The second-order valence-corrected chi connectivity index (χ2v) is 7.58. The van der Waals surface area contributed by atoms with Crippen LogP contribution >= 0.6 is 0 Å². The van der Waals surface area contributed by atoms with Gasteiger partial charge < -0.3 is 9.47 Å². The minimum absolute atomic E-state index is 0.211. The zero-order valence-corrected chi connectivity index (χ0v) is 15.7. The van der Waals surface area contributed by atoms with E-state index >= 15 is 0 Å². The fourth-order valence-electron chi connectivity index (χ4n) is 3.00. The molecule has 0 N–H and O–H groups in total. The number of hydrogen-bond donors (Lipinski definition) is 0. The van der Waals surface area contributed by atoms with Gasteiger partial charge in [-0.05, 0) is 65.3 Å². The summed E-state index contributed by atoms with van der Waals surface area (Å²) in [6.07, 6.45) is 3.12. The number of fused-ring (bicyclic) bond motifs is 1. The Morgan fingerprint density at radius 2 is 1.92 bits per heavy atom. The summed E-state index contributed by atoms with van der Waals surface area (Å²) in [6, 6.07) is 6.06. The van der Waals surface area contributed by atoms with Crippen LogP contribution in [-0.4, -0.2) is 36.6 Å². The van der Waals surface area contributed by atoms with Gasteiger partial charge in [0.1, 0.15) is 18.1 Å². The molecule has 1 aromatic carbocycles. The summed E-state index contributed by atoms with van der Waals surface area (Å²) in [5.41, 5.74) is 0.497. The molecule has 4 nitrogen and oxygen atoms in total. The van der Waals surface area contributed by atoms with Gasteiger partial charge in [0.2, 0.25) is 0 Å². The molecule has 1 atom stereocenters. The normalized spacial score (nSPS) is 17.3. The maximum Gasteiger partial charge on any atom is 0.316 e. The third-order valence-corrected chi connectivity index (χ3v) is 4.31. The van der Waals surface area contributed by atoms with E-state index in [0.717, 1.165) is 43.7 Å². The Balaban J connectivity index is 2.21. The van der Waals surface area contributed by atoms with Gasteiger partial charge in [0, 0.05) is 11.6 Å². The predicted molar refractivity (Wildman–Crippen MR) is 96.7 cm³/mol. The minimum atomic E-state index is -0.520. The van der Waals surface area contributed by atoms with Gasteiger partial charge in [0.25, 0.3) is 0 Å². The second kappa shape index (κ2) is 8.02. The van der Waals surface area contributed by atoms with Gasteiger partial charge in [0.05, 0.1) is 5.41 Å². The van der Waals surface area contributed by atoms with Gasteiger partial charge >= 0.3 is 5.97 Å². The molecular formula is C20H31NO3. The van der Waals surface area contributed by atoms with E-state index < -0.39 is 5.41 Å². The van der Waals surface area contributed by atoms with Crippen LogP contribution in [0, 0.1) is 5.41 Å². The van der Waals surface area contributed by atoms with Crippen molar-refractivity contribution in [3.8, 4) is 11.5 Å². The molecule has 0 saturated carbocycles. The number of carbonyl (C=O) groups is 1. The van der Waals surface area contributed by atoms with Crippen LogP contribution in [0.3, 0.4) is 0 Å². The van der Waals surface area contributed by atoms with Crippen molar-refractivity contribution in [3.63, 3.8) is 0 Å². The molecule has 1 unspecified atom stereocenters. The van der Waals surface area contributed by atoms with Gasteiger partial charge in [-0.1, -0.05) is 19.9 Å². The molecule has 0 amide bonds. The molecule has 134 valence electrons. The van der Waals surface area contributed by atoms with E-state index in [1.54, 1.807) is 0 Å². The molecule has 4 heteroatoms. The lowest BCUT2D eigenvalue weighted by atomic mass is 9.97. The van der Waals surface area contributed by atoms with E-state index in [2.05, 4.69) is 18.7 Å². The molecule has 1 aliphatic rings. The Morgan fingerprint density at radius 1 is 1.25 bits per heavy atom. The molecular weight excluding hydrogens is 302 g/mol. The quantitative estimate of drug-likeness (QED) is 0.581. The standard InChI is InChI=1S/C20H31NO3/c1-6-11-21(12-7-2)15-13-16-17(23-14-15)9-8-10-18(16)24-19(22)20(3,4)5/h8-10,15H,6-7,11-14H2,1-5H3. The van der Waals surface area contributed by atoms with E-state index in [4.69, 9.17) is 9.47 Å². The molecule has 0 fully saturated rings. The highest BCUT2D eigenvalue weighted by Crippen LogP contribution is 2.35. The summed E-state index contributed by atoms with van der Waals surface area (Å²) >= 11 is 0. The zero-order valence-electron chi connectivity index (χ0n) is 15.7. The average molecular weight is 333 g/mol. The molecule has 1 aliphatic heterocycles. The Morgan fingerprint density at radius 3 is 2.50 bits per heavy atom. The van der Waals surface area contributed by atoms with Crippen molar-refractivity contribution in [3.05, 3.63) is 23.8 Å². The molecule has 0 spiro atoms. The third kappa shape index (κ3) is 4.50. The van der Waals surface area contributed by atoms with Gasteiger partial charge in [0.15, 0.2) is 0 Å². The first kappa shape index (κ1) is 18.8. The van der Waals surface area contributed by atoms with Crippen molar-refractivity contribution in [2.24, 2.45) is 5.41 Å². The van der Waals surface area contributed by atoms with Gasteiger partial charge in [-0.25, -0.2) is 0 Å². The van der Waals surface area contributed by atoms with Crippen molar-refractivity contribution in [2.75, 3.05) is 19.7 Å². The van der Waals surface area contributed by atoms with E-state index in [1.807, 2.05) is 39.0 Å². The van der Waals surface area contributed by atoms with Crippen LogP contribution in [0.4, 0.5) is 0 Å². The maximum atomic E-state index is 12.3. The van der Waals surface area contributed by atoms with E-state index in [0.29, 0.717) is 18.4 Å². The summed E-state index contributed by atoms with van der Waals surface area (Å²) in [5, 5.41) is 0. The van der Waals surface area contributed by atoms with Crippen molar-refractivity contribution in [1.82, 2.24) is 4.90 Å². The van der Waals surface area contributed by atoms with Gasteiger partial charge in [-0.15, -0.1) is 0 Å². The van der Waals surface area contributed by atoms with E-state index in [9.17, 15) is 4.79 Å². The van der Waals surface area contributed by atoms with Crippen molar-refractivity contribution in [2.45, 2.75) is 59.9 Å². The molecule has 1 aromatic rings. The van der Waals surface area contributed by atoms with Gasteiger partial charge in [-0.2, -0.15) is 0 Å². The van der Waals surface area contributed by atoms with Crippen LogP contribution in [0.2, 0.25) is 0 Å². The third-order valence-electron chi connectivity index (χ3n) is 4.31. The predicted octanol–water partition coefficient (Wildman–Crippen LogP) is 4.06. The number of esters is 1. The fourth-order valence-corrected chi connectivity index (χ4v) is 3.00. The zero-order chi connectivity index (χ0) is 17.7. The Kier molecular flexibility index (Phi) is 6.27.